The van der Waals surface area contributed by atoms with Crippen molar-refractivity contribution in [3.63, 3.8) is 0 Å². The van der Waals surface area contributed by atoms with Gasteiger partial charge in [-0.05, 0) is 91.3 Å². The Morgan fingerprint density at radius 3 is 2.20 bits per heavy atom. The van der Waals surface area contributed by atoms with Crippen molar-refractivity contribution in [2.24, 2.45) is 46.3 Å². The number of fused-ring (bicyclic) bond motifs is 5. The lowest BCUT2D eigenvalue weighted by atomic mass is 9.44. The fourth-order valence-electron chi connectivity index (χ4n) is 7.91. The molecule has 0 heterocycles. The molecule has 4 fully saturated rings. The van der Waals surface area contributed by atoms with E-state index in [1.54, 1.807) is 0 Å². The molecule has 0 aliphatic heterocycles. The van der Waals surface area contributed by atoms with Crippen LogP contribution in [0.2, 0.25) is 0 Å². The second kappa shape index (κ2) is 5.94. The van der Waals surface area contributed by atoms with Crippen LogP contribution in [0.1, 0.15) is 72.6 Å². The van der Waals surface area contributed by atoms with Crippen LogP contribution in [-0.4, -0.2) is 33.6 Å². The van der Waals surface area contributed by atoms with Crippen LogP contribution in [0.5, 0.6) is 0 Å². The summed E-state index contributed by atoms with van der Waals surface area (Å²) in [7, 11) is 0. The molecule has 4 saturated carbocycles. The number of hydrogen-bond donors (Lipinski definition) is 3. The Morgan fingerprint density at radius 1 is 0.840 bits per heavy atom. The maximum Gasteiger partial charge on any atom is 0.0627 e. The van der Waals surface area contributed by atoms with E-state index >= 15 is 0 Å². The Morgan fingerprint density at radius 2 is 1.52 bits per heavy atom. The fourth-order valence-corrected chi connectivity index (χ4v) is 7.91. The minimum atomic E-state index is -0.254. The quantitative estimate of drug-likeness (QED) is 0.677. The van der Waals surface area contributed by atoms with E-state index in [0.717, 1.165) is 44.9 Å². The maximum atomic E-state index is 11.2. The van der Waals surface area contributed by atoms with Gasteiger partial charge in [0.15, 0.2) is 0 Å². The molecule has 144 valence electrons. The maximum absolute atomic E-state index is 11.2. The fraction of sp³-hybridized carbons (Fsp3) is 1.00. The van der Waals surface area contributed by atoms with Crippen molar-refractivity contribution in [2.75, 3.05) is 0 Å². The van der Waals surface area contributed by atoms with Crippen LogP contribution in [0.15, 0.2) is 0 Å². The summed E-state index contributed by atoms with van der Waals surface area (Å²) in [5.41, 5.74) is 0.250. The van der Waals surface area contributed by atoms with E-state index in [2.05, 4.69) is 27.7 Å². The molecule has 4 aliphatic carbocycles. The standard InChI is InChI=1S/C22H38O3/c1-12(2)15-11-17-19-16(6-8-22(17,4)20(15)25)21(3)7-5-14(23)9-13(21)10-18(19)24/h12-20,23-25H,5-11H2,1-4H3/t13?,14?,15?,16-,17+,18?,19-,20?,21+,22+/m1/s1. The van der Waals surface area contributed by atoms with Crippen molar-refractivity contribution >= 4 is 0 Å². The van der Waals surface area contributed by atoms with Crippen LogP contribution in [0, 0.1) is 46.3 Å². The molecule has 5 unspecified atom stereocenters. The first-order valence-electron chi connectivity index (χ1n) is 10.7. The average Bonchev–Trinajstić information content (AvgIpc) is 2.81. The minimum absolute atomic E-state index is 0.0194. The summed E-state index contributed by atoms with van der Waals surface area (Å²) in [6.07, 6.45) is 6.42. The third kappa shape index (κ3) is 2.48. The zero-order valence-corrected chi connectivity index (χ0v) is 16.5. The van der Waals surface area contributed by atoms with Gasteiger partial charge in [-0.2, -0.15) is 0 Å². The van der Waals surface area contributed by atoms with E-state index in [-0.39, 0.29) is 29.1 Å². The molecule has 0 bridgehead atoms. The molecule has 3 nitrogen and oxygen atoms in total. The van der Waals surface area contributed by atoms with Crippen molar-refractivity contribution < 1.29 is 15.3 Å². The molecular formula is C22H38O3. The molecule has 0 amide bonds. The molecule has 0 aromatic carbocycles. The predicted molar refractivity (Wildman–Crippen MR) is 98.8 cm³/mol. The molecule has 25 heavy (non-hydrogen) atoms. The number of aliphatic hydroxyl groups is 3. The van der Waals surface area contributed by atoms with Crippen LogP contribution >= 0.6 is 0 Å². The minimum Gasteiger partial charge on any atom is -0.393 e. The molecule has 3 N–H and O–H groups in total. The van der Waals surface area contributed by atoms with E-state index in [1.165, 1.54) is 0 Å². The summed E-state index contributed by atoms with van der Waals surface area (Å²) in [4.78, 5) is 0. The first kappa shape index (κ1) is 18.3. The van der Waals surface area contributed by atoms with Crippen LogP contribution in [-0.2, 0) is 0 Å². The lowest BCUT2D eigenvalue weighted by molar-refractivity contribution is -0.177. The van der Waals surface area contributed by atoms with E-state index < -0.39 is 0 Å². The summed E-state index contributed by atoms with van der Waals surface area (Å²) >= 11 is 0. The zero-order chi connectivity index (χ0) is 18.1. The normalized spacial score (nSPS) is 58.6. The van der Waals surface area contributed by atoms with Crippen molar-refractivity contribution in [3.8, 4) is 0 Å². The average molecular weight is 351 g/mol. The van der Waals surface area contributed by atoms with Gasteiger partial charge in [0.2, 0.25) is 0 Å². The summed E-state index contributed by atoms with van der Waals surface area (Å²) in [5.74, 6) is 2.69. The molecule has 0 saturated heterocycles. The predicted octanol–water partition coefficient (Wildman–Crippen LogP) is 3.60. The van der Waals surface area contributed by atoms with Gasteiger partial charge >= 0.3 is 0 Å². The summed E-state index contributed by atoms with van der Waals surface area (Å²) in [5, 5.41) is 32.4. The largest absolute Gasteiger partial charge is 0.393 e. The van der Waals surface area contributed by atoms with Gasteiger partial charge in [0.05, 0.1) is 18.3 Å². The molecule has 0 aromatic heterocycles. The molecule has 0 aromatic rings. The van der Waals surface area contributed by atoms with Crippen molar-refractivity contribution in [1.82, 2.24) is 0 Å². The molecule has 10 atom stereocenters. The SMILES string of the molecule is CC(C)C1C[C@H]2[C@@H]3C(O)CC4CC(O)CC[C@]4(C)[C@@H]3CC[C@]2(C)C1O. The highest BCUT2D eigenvalue weighted by molar-refractivity contribution is 5.13. The molecule has 4 aliphatic rings. The Kier molecular flexibility index (Phi) is 4.34. The van der Waals surface area contributed by atoms with Crippen LogP contribution in [0.4, 0.5) is 0 Å². The van der Waals surface area contributed by atoms with Crippen molar-refractivity contribution in [3.05, 3.63) is 0 Å². The van der Waals surface area contributed by atoms with E-state index in [0.29, 0.717) is 35.5 Å². The Hall–Kier alpha value is -0.120. The van der Waals surface area contributed by atoms with Gasteiger partial charge < -0.3 is 15.3 Å². The van der Waals surface area contributed by atoms with Gasteiger partial charge in [0.25, 0.3) is 0 Å². The third-order valence-corrected chi connectivity index (χ3v) is 9.56. The first-order chi connectivity index (χ1) is 11.7. The lowest BCUT2D eigenvalue weighted by Crippen LogP contribution is -2.58. The number of rotatable bonds is 1. The van der Waals surface area contributed by atoms with Gasteiger partial charge in [-0.3, -0.25) is 0 Å². The topological polar surface area (TPSA) is 60.7 Å². The van der Waals surface area contributed by atoms with Crippen molar-refractivity contribution in [1.29, 1.82) is 0 Å². The van der Waals surface area contributed by atoms with E-state index in [9.17, 15) is 15.3 Å². The Balaban J connectivity index is 1.67. The Labute approximate surface area is 153 Å². The van der Waals surface area contributed by atoms with Gasteiger partial charge in [-0.1, -0.05) is 27.7 Å². The van der Waals surface area contributed by atoms with Gasteiger partial charge in [-0.25, -0.2) is 0 Å². The molecular weight excluding hydrogens is 312 g/mol. The second-order valence-electron chi connectivity index (χ2n) is 10.9. The highest BCUT2D eigenvalue weighted by Crippen LogP contribution is 2.67. The van der Waals surface area contributed by atoms with E-state index in [1.807, 2.05) is 0 Å². The highest BCUT2D eigenvalue weighted by Gasteiger charge is 2.64. The van der Waals surface area contributed by atoms with Crippen LogP contribution < -0.4 is 0 Å². The summed E-state index contributed by atoms with van der Waals surface area (Å²) < 4.78 is 0. The molecule has 4 rings (SSSR count). The zero-order valence-electron chi connectivity index (χ0n) is 16.5. The van der Waals surface area contributed by atoms with Crippen LogP contribution in [0.3, 0.4) is 0 Å². The summed E-state index contributed by atoms with van der Waals surface area (Å²) in [6, 6.07) is 0. The van der Waals surface area contributed by atoms with Gasteiger partial charge in [0, 0.05) is 0 Å². The third-order valence-electron chi connectivity index (χ3n) is 9.56. The number of hydrogen-bond acceptors (Lipinski definition) is 3. The van der Waals surface area contributed by atoms with Gasteiger partial charge in [-0.15, -0.1) is 0 Å². The first-order valence-corrected chi connectivity index (χ1v) is 10.7. The summed E-state index contributed by atoms with van der Waals surface area (Å²) in [6.45, 7) is 9.22. The highest BCUT2D eigenvalue weighted by atomic mass is 16.3. The molecule has 0 spiro atoms. The Bertz CT molecular complexity index is 519. The lowest BCUT2D eigenvalue weighted by Gasteiger charge is -2.61. The monoisotopic (exact) mass is 350 g/mol. The van der Waals surface area contributed by atoms with Gasteiger partial charge in [0.1, 0.15) is 0 Å². The second-order valence-corrected chi connectivity index (χ2v) is 10.9. The molecule has 0 radical (unpaired) electrons. The molecule has 3 heteroatoms. The van der Waals surface area contributed by atoms with E-state index in [4.69, 9.17) is 0 Å². The van der Waals surface area contributed by atoms with Crippen LogP contribution in [0.25, 0.3) is 0 Å². The van der Waals surface area contributed by atoms with Crippen molar-refractivity contribution in [2.45, 2.75) is 91.0 Å². The smallest absolute Gasteiger partial charge is 0.0627 e. The number of aliphatic hydroxyl groups excluding tert-OH is 3.